The van der Waals surface area contributed by atoms with E-state index >= 15 is 0 Å². The summed E-state index contributed by atoms with van der Waals surface area (Å²) in [6.45, 7) is 1.90. The monoisotopic (exact) mass is 143 g/mol. The number of rotatable bonds is 1. The molecule has 1 heterocycles. The van der Waals surface area contributed by atoms with Crippen molar-refractivity contribution in [1.29, 1.82) is 0 Å². The predicted molar refractivity (Wildman–Crippen MR) is 33.3 cm³/mol. The van der Waals surface area contributed by atoms with E-state index in [-0.39, 0.29) is 18.4 Å². The SMILES string of the molecule is C[C@H]1C(=O)NC[C@@H]1C(=O)O. The minimum atomic E-state index is -0.897. The normalized spacial score (nSPS) is 31.9. The molecule has 4 nitrogen and oxygen atoms in total. The highest BCUT2D eigenvalue weighted by Crippen LogP contribution is 2.16. The van der Waals surface area contributed by atoms with Gasteiger partial charge in [0, 0.05) is 6.54 Å². The predicted octanol–water partition coefficient (Wildman–Crippen LogP) is -0.547. The van der Waals surface area contributed by atoms with Gasteiger partial charge in [0.25, 0.3) is 0 Å². The molecule has 4 heteroatoms. The van der Waals surface area contributed by atoms with Gasteiger partial charge in [-0.3, -0.25) is 9.59 Å². The largest absolute Gasteiger partial charge is 0.481 e. The second-order valence-corrected chi connectivity index (χ2v) is 2.48. The van der Waals surface area contributed by atoms with Crippen LogP contribution in [0.5, 0.6) is 0 Å². The maximum Gasteiger partial charge on any atom is 0.309 e. The highest BCUT2D eigenvalue weighted by Gasteiger charge is 2.35. The minimum absolute atomic E-state index is 0.160. The Morgan fingerprint density at radius 2 is 2.40 bits per heavy atom. The molecule has 1 amide bonds. The molecule has 1 saturated heterocycles. The van der Waals surface area contributed by atoms with Gasteiger partial charge in [-0.2, -0.15) is 0 Å². The van der Waals surface area contributed by atoms with E-state index in [1.807, 2.05) is 0 Å². The highest BCUT2D eigenvalue weighted by atomic mass is 16.4. The van der Waals surface area contributed by atoms with Crippen LogP contribution in [0.25, 0.3) is 0 Å². The van der Waals surface area contributed by atoms with Crippen LogP contribution in [-0.2, 0) is 9.59 Å². The van der Waals surface area contributed by atoms with Crippen molar-refractivity contribution in [3.8, 4) is 0 Å². The maximum absolute atomic E-state index is 10.7. The van der Waals surface area contributed by atoms with Crippen LogP contribution in [0.1, 0.15) is 6.92 Å². The van der Waals surface area contributed by atoms with Gasteiger partial charge in [-0.05, 0) is 0 Å². The second-order valence-electron chi connectivity index (χ2n) is 2.48. The van der Waals surface area contributed by atoms with Crippen molar-refractivity contribution in [1.82, 2.24) is 5.32 Å². The van der Waals surface area contributed by atoms with Gasteiger partial charge in [-0.1, -0.05) is 6.92 Å². The van der Waals surface area contributed by atoms with Gasteiger partial charge in [-0.15, -0.1) is 0 Å². The summed E-state index contributed by atoms with van der Waals surface area (Å²) in [5.41, 5.74) is 0. The van der Waals surface area contributed by atoms with Crippen LogP contribution in [0, 0.1) is 11.8 Å². The van der Waals surface area contributed by atoms with Crippen LogP contribution in [0.3, 0.4) is 0 Å². The Kier molecular flexibility index (Phi) is 1.61. The summed E-state index contributed by atoms with van der Waals surface area (Å²) in [4.78, 5) is 21.1. The van der Waals surface area contributed by atoms with Crippen LogP contribution in [0.2, 0.25) is 0 Å². The fourth-order valence-electron chi connectivity index (χ4n) is 1.03. The summed E-state index contributed by atoms with van der Waals surface area (Å²) in [5, 5.41) is 11.0. The number of hydrogen-bond acceptors (Lipinski definition) is 2. The number of carbonyl (C=O) groups is 2. The maximum atomic E-state index is 10.7. The molecule has 1 aliphatic rings. The molecule has 0 bridgehead atoms. The molecule has 1 fully saturated rings. The molecule has 1 aliphatic heterocycles. The third kappa shape index (κ3) is 0.964. The lowest BCUT2D eigenvalue weighted by Crippen LogP contribution is -2.20. The van der Waals surface area contributed by atoms with Crippen molar-refractivity contribution in [3.05, 3.63) is 0 Å². The molecular weight excluding hydrogens is 134 g/mol. The van der Waals surface area contributed by atoms with Crippen LogP contribution in [-0.4, -0.2) is 23.5 Å². The van der Waals surface area contributed by atoms with Gasteiger partial charge in [-0.25, -0.2) is 0 Å². The molecule has 56 valence electrons. The molecule has 0 spiro atoms. The number of carbonyl (C=O) groups excluding carboxylic acids is 1. The van der Waals surface area contributed by atoms with Crippen LogP contribution in [0.15, 0.2) is 0 Å². The smallest absolute Gasteiger partial charge is 0.309 e. The van der Waals surface area contributed by atoms with E-state index in [1.165, 1.54) is 0 Å². The van der Waals surface area contributed by atoms with Crippen molar-refractivity contribution in [2.24, 2.45) is 11.8 Å². The van der Waals surface area contributed by atoms with Crippen LogP contribution in [0.4, 0.5) is 0 Å². The Hall–Kier alpha value is -1.06. The zero-order chi connectivity index (χ0) is 7.72. The molecule has 0 unspecified atom stereocenters. The second kappa shape index (κ2) is 2.28. The Bertz CT molecular complexity index is 178. The number of hydrogen-bond donors (Lipinski definition) is 2. The molecule has 0 radical (unpaired) electrons. The first-order valence-electron chi connectivity index (χ1n) is 3.13. The molecule has 2 atom stereocenters. The lowest BCUT2D eigenvalue weighted by Gasteiger charge is -2.03. The van der Waals surface area contributed by atoms with Crippen molar-refractivity contribution in [3.63, 3.8) is 0 Å². The standard InChI is InChI=1S/C6H9NO3/c1-3-4(6(9)10)2-7-5(3)8/h3-4H,2H2,1H3,(H,7,8)(H,9,10)/t3-,4+/m1/s1. The van der Waals surface area contributed by atoms with Gasteiger partial charge in [0.15, 0.2) is 0 Å². The summed E-state index contributed by atoms with van der Waals surface area (Å²) >= 11 is 0. The molecule has 0 aromatic rings. The van der Waals surface area contributed by atoms with E-state index in [4.69, 9.17) is 5.11 Å². The molecule has 0 aromatic carbocycles. The minimum Gasteiger partial charge on any atom is -0.481 e. The third-order valence-electron chi connectivity index (χ3n) is 1.83. The van der Waals surface area contributed by atoms with E-state index in [0.29, 0.717) is 0 Å². The van der Waals surface area contributed by atoms with E-state index < -0.39 is 11.9 Å². The van der Waals surface area contributed by atoms with Gasteiger partial charge in [0.2, 0.25) is 5.91 Å². The third-order valence-corrected chi connectivity index (χ3v) is 1.83. The number of aliphatic carboxylic acids is 1. The van der Waals surface area contributed by atoms with Gasteiger partial charge in [0.1, 0.15) is 0 Å². The molecule has 0 saturated carbocycles. The Morgan fingerprint density at radius 3 is 2.60 bits per heavy atom. The van der Waals surface area contributed by atoms with Crippen molar-refractivity contribution in [2.75, 3.05) is 6.54 Å². The average Bonchev–Trinajstić information content (AvgIpc) is 2.14. The highest BCUT2D eigenvalue weighted by molar-refractivity contribution is 5.87. The first kappa shape index (κ1) is 7.05. The fraction of sp³-hybridized carbons (Fsp3) is 0.667. The van der Waals surface area contributed by atoms with Gasteiger partial charge in [0.05, 0.1) is 11.8 Å². The lowest BCUT2D eigenvalue weighted by atomic mass is 9.98. The summed E-state index contributed by atoms with van der Waals surface area (Å²) in [7, 11) is 0. The summed E-state index contributed by atoms with van der Waals surface area (Å²) in [6.07, 6.45) is 0. The summed E-state index contributed by atoms with van der Waals surface area (Å²) in [5.74, 6) is -1.97. The summed E-state index contributed by atoms with van der Waals surface area (Å²) in [6, 6.07) is 0. The van der Waals surface area contributed by atoms with E-state index in [2.05, 4.69) is 5.32 Å². The Morgan fingerprint density at radius 1 is 1.80 bits per heavy atom. The van der Waals surface area contributed by atoms with E-state index in [9.17, 15) is 9.59 Å². The van der Waals surface area contributed by atoms with Crippen molar-refractivity contribution >= 4 is 11.9 Å². The van der Waals surface area contributed by atoms with Gasteiger partial charge < -0.3 is 10.4 Å². The average molecular weight is 143 g/mol. The molecule has 1 rings (SSSR count). The van der Waals surface area contributed by atoms with Crippen molar-refractivity contribution < 1.29 is 14.7 Å². The summed E-state index contributed by atoms with van der Waals surface area (Å²) < 4.78 is 0. The number of amides is 1. The zero-order valence-electron chi connectivity index (χ0n) is 5.63. The Labute approximate surface area is 58.2 Å². The van der Waals surface area contributed by atoms with Crippen LogP contribution < -0.4 is 5.32 Å². The first-order chi connectivity index (χ1) is 4.63. The molecular formula is C6H9NO3. The van der Waals surface area contributed by atoms with Crippen molar-refractivity contribution in [2.45, 2.75) is 6.92 Å². The molecule has 10 heavy (non-hydrogen) atoms. The fourth-order valence-corrected chi connectivity index (χ4v) is 1.03. The quantitative estimate of drug-likeness (QED) is 0.517. The molecule has 2 N–H and O–H groups in total. The topological polar surface area (TPSA) is 66.4 Å². The number of nitrogens with one attached hydrogen (secondary N) is 1. The van der Waals surface area contributed by atoms with E-state index in [0.717, 1.165) is 0 Å². The van der Waals surface area contributed by atoms with Crippen LogP contribution >= 0.6 is 0 Å². The first-order valence-corrected chi connectivity index (χ1v) is 3.13. The number of carboxylic acid groups (broad SMARTS) is 1. The molecule has 0 aromatic heterocycles. The van der Waals surface area contributed by atoms with E-state index in [1.54, 1.807) is 6.92 Å². The van der Waals surface area contributed by atoms with Gasteiger partial charge >= 0.3 is 5.97 Å². The lowest BCUT2D eigenvalue weighted by molar-refractivity contribution is -0.143. The zero-order valence-corrected chi connectivity index (χ0v) is 5.63. The Balaban J connectivity index is 2.66. The molecule has 0 aliphatic carbocycles. The number of carboxylic acids is 1.